The lowest BCUT2D eigenvalue weighted by molar-refractivity contribution is 0.0944. The Kier molecular flexibility index (Phi) is 8.20. The van der Waals surface area contributed by atoms with Gasteiger partial charge in [-0.3, -0.25) is 4.79 Å². The zero-order valence-electron chi connectivity index (χ0n) is 14.4. The standard InChI is InChI=1S/C21H24ClNO2/c1-2-3-6-10-19-16-23-21(25-19)20(24)11-8-5-4-7-9-17-12-14-18(22)15-13-17/h2-3,6,12-16H,1,4-5,7-11H2/b6-3-. The molecule has 0 saturated carbocycles. The summed E-state index contributed by atoms with van der Waals surface area (Å²) >= 11 is 5.88. The first-order valence-electron chi connectivity index (χ1n) is 8.69. The second kappa shape index (κ2) is 10.7. The molecule has 0 N–H and O–H groups in total. The third-order valence-corrected chi connectivity index (χ3v) is 4.17. The predicted molar refractivity (Wildman–Crippen MR) is 102 cm³/mol. The van der Waals surface area contributed by atoms with Gasteiger partial charge in [0.1, 0.15) is 5.76 Å². The molecule has 0 aliphatic rings. The first-order chi connectivity index (χ1) is 12.2. The normalized spacial score (nSPS) is 11.1. The molecule has 2 aromatic rings. The summed E-state index contributed by atoms with van der Waals surface area (Å²) < 4.78 is 5.48. The number of unbranched alkanes of at least 4 members (excludes halogenated alkanes) is 3. The van der Waals surface area contributed by atoms with Gasteiger partial charge in [0.15, 0.2) is 0 Å². The molecule has 0 saturated heterocycles. The molecule has 3 nitrogen and oxygen atoms in total. The van der Waals surface area contributed by atoms with Crippen molar-refractivity contribution in [3.8, 4) is 0 Å². The maximum absolute atomic E-state index is 12.1. The third-order valence-electron chi connectivity index (χ3n) is 3.92. The Morgan fingerprint density at radius 3 is 2.68 bits per heavy atom. The van der Waals surface area contributed by atoms with Crippen molar-refractivity contribution < 1.29 is 9.21 Å². The summed E-state index contributed by atoms with van der Waals surface area (Å²) in [6.45, 7) is 3.61. The van der Waals surface area contributed by atoms with E-state index in [0.29, 0.717) is 18.6 Å². The van der Waals surface area contributed by atoms with E-state index < -0.39 is 0 Å². The summed E-state index contributed by atoms with van der Waals surface area (Å²) in [6, 6.07) is 7.98. The highest BCUT2D eigenvalue weighted by molar-refractivity contribution is 6.30. The van der Waals surface area contributed by atoms with E-state index in [1.165, 1.54) is 5.56 Å². The van der Waals surface area contributed by atoms with Crippen LogP contribution in [0.1, 0.15) is 54.1 Å². The van der Waals surface area contributed by atoms with Crippen molar-refractivity contribution in [2.24, 2.45) is 0 Å². The van der Waals surface area contributed by atoms with Gasteiger partial charge in [-0.15, -0.1) is 0 Å². The van der Waals surface area contributed by atoms with Crippen LogP contribution in [0.2, 0.25) is 5.02 Å². The molecule has 0 fully saturated rings. The molecule has 0 radical (unpaired) electrons. The Labute approximate surface area is 154 Å². The molecule has 0 aliphatic carbocycles. The molecule has 1 aromatic carbocycles. The smallest absolute Gasteiger partial charge is 0.263 e. The van der Waals surface area contributed by atoms with Gasteiger partial charge < -0.3 is 4.42 Å². The summed E-state index contributed by atoms with van der Waals surface area (Å²) in [6.07, 6.45) is 13.4. The van der Waals surface area contributed by atoms with E-state index in [4.69, 9.17) is 16.0 Å². The lowest BCUT2D eigenvalue weighted by Crippen LogP contribution is -1.99. The number of aromatic nitrogens is 1. The zero-order chi connectivity index (χ0) is 17.9. The Morgan fingerprint density at radius 1 is 1.16 bits per heavy atom. The highest BCUT2D eigenvalue weighted by atomic mass is 35.5. The van der Waals surface area contributed by atoms with E-state index in [1.54, 1.807) is 12.3 Å². The quantitative estimate of drug-likeness (QED) is 0.282. The van der Waals surface area contributed by atoms with Crippen molar-refractivity contribution in [3.05, 3.63) is 77.5 Å². The van der Waals surface area contributed by atoms with Crippen LogP contribution >= 0.6 is 11.6 Å². The van der Waals surface area contributed by atoms with Crippen LogP contribution in [0.25, 0.3) is 0 Å². The molecular weight excluding hydrogens is 334 g/mol. The molecule has 4 heteroatoms. The van der Waals surface area contributed by atoms with Gasteiger partial charge in [0, 0.05) is 17.9 Å². The Balaban J connectivity index is 1.61. The number of hydrogen-bond donors (Lipinski definition) is 0. The van der Waals surface area contributed by atoms with Gasteiger partial charge in [-0.2, -0.15) is 0 Å². The minimum Gasteiger partial charge on any atom is -0.439 e. The summed E-state index contributed by atoms with van der Waals surface area (Å²) in [5.74, 6) is 0.907. The Hall–Kier alpha value is -2.13. The van der Waals surface area contributed by atoms with Crippen LogP contribution in [0, 0.1) is 0 Å². The molecule has 1 aromatic heterocycles. The number of rotatable bonds is 11. The fourth-order valence-electron chi connectivity index (χ4n) is 2.54. The average molecular weight is 358 g/mol. The fraction of sp³-hybridized carbons (Fsp3) is 0.333. The minimum absolute atomic E-state index is 0.0170. The zero-order valence-corrected chi connectivity index (χ0v) is 15.2. The van der Waals surface area contributed by atoms with E-state index in [1.807, 2.05) is 24.3 Å². The van der Waals surface area contributed by atoms with E-state index in [9.17, 15) is 4.79 Å². The number of nitrogens with zero attached hydrogens (tertiary/aromatic N) is 1. The fourth-order valence-corrected chi connectivity index (χ4v) is 2.66. The van der Waals surface area contributed by atoms with Crippen molar-refractivity contribution in [1.29, 1.82) is 0 Å². The maximum atomic E-state index is 12.1. The molecule has 0 atom stereocenters. The van der Waals surface area contributed by atoms with Gasteiger partial charge >= 0.3 is 0 Å². The third kappa shape index (κ3) is 7.10. The number of allylic oxidation sites excluding steroid dienone is 3. The summed E-state index contributed by atoms with van der Waals surface area (Å²) in [4.78, 5) is 16.1. The van der Waals surface area contributed by atoms with Gasteiger partial charge in [-0.1, -0.05) is 61.4 Å². The SMILES string of the molecule is C=C/C=C\Cc1cnc(C(=O)CCCCCCc2ccc(Cl)cc2)o1. The minimum atomic E-state index is -0.0170. The van der Waals surface area contributed by atoms with Gasteiger partial charge in [0.05, 0.1) is 6.20 Å². The number of ketones is 1. The van der Waals surface area contributed by atoms with E-state index in [0.717, 1.165) is 37.1 Å². The first-order valence-corrected chi connectivity index (χ1v) is 9.06. The summed E-state index contributed by atoms with van der Waals surface area (Å²) in [5.41, 5.74) is 1.30. The number of hydrogen-bond acceptors (Lipinski definition) is 3. The molecular formula is C21H24ClNO2. The Bertz CT molecular complexity index is 701. The van der Waals surface area contributed by atoms with Crippen molar-refractivity contribution in [2.45, 2.75) is 44.9 Å². The summed E-state index contributed by atoms with van der Waals surface area (Å²) in [5, 5.41) is 0.772. The van der Waals surface area contributed by atoms with Gasteiger partial charge in [0.25, 0.3) is 5.89 Å². The Morgan fingerprint density at radius 2 is 1.92 bits per heavy atom. The van der Waals surface area contributed by atoms with E-state index in [2.05, 4.69) is 23.7 Å². The molecule has 0 amide bonds. The van der Waals surface area contributed by atoms with Crippen molar-refractivity contribution in [2.75, 3.05) is 0 Å². The first kappa shape index (κ1) is 19.2. The largest absolute Gasteiger partial charge is 0.439 e. The number of halogens is 1. The monoisotopic (exact) mass is 357 g/mol. The van der Waals surface area contributed by atoms with Crippen LogP contribution in [0.3, 0.4) is 0 Å². The number of Topliss-reactive ketones (excluding diaryl/α,β-unsaturated/α-hetero) is 1. The van der Waals surface area contributed by atoms with Crippen LogP contribution < -0.4 is 0 Å². The lowest BCUT2D eigenvalue weighted by Gasteiger charge is -2.02. The van der Waals surface area contributed by atoms with Gasteiger partial charge in [-0.05, 0) is 37.0 Å². The van der Waals surface area contributed by atoms with E-state index >= 15 is 0 Å². The number of carbonyl (C=O) groups excluding carboxylic acids is 1. The van der Waals surface area contributed by atoms with Gasteiger partial charge in [0.2, 0.25) is 5.78 Å². The van der Waals surface area contributed by atoms with E-state index in [-0.39, 0.29) is 11.7 Å². The summed E-state index contributed by atoms with van der Waals surface area (Å²) in [7, 11) is 0. The molecule has 0 aliphatic heterocycles. The molecule has 0 bridgehead atoms. The highest BCUT2D eigenvalue weighted by Gasteiger charge is 2.12. The topological polar surface area (TPSA) is 43.1 Å². The van der Waals surface area contributed by atoms with Crippen LogP contribution in [0.15, 0.2) is 59.7 Å². The van der Waals surface area contributed by atoms with Crippen LogP contribution in [0.4, 0.5) is 0 Å². The molecule has 132 valence electrons. The highest BCUT2D eigenvalue weighted by Crippen LogP contribution is 2.14. The van der Waals surface area contributed by atoms with Crippen LogP contribution in [0.5, 0.6) is 0 Å². The molecule has 0 unspecified atom stereocenters. The predicted octanol–water partition coefficient (Wildman–Crippen LogP) is 5.99. The number of carbonyl (C=O) groups is 1. The average Bonchev–Trinajstić information content (AvgIpc) is 3.08. The number of aryl methyl sites for hydroxylation is 1. The maximum Gasteiger partial charge on any atom is 0.263 e. The van der Waals surface area contributed by atoms with Crippen molar-refractivity contribution in [1.82, 2.24) is 4.98 Å². The van der Waals surface area contributed by atoms with Crippen LogP contribution in [-0.4, -0.2) is 10.8 Å². The molecule has 1 heterocycles. The van der Waals surface area contributed by atoms with Crippen molar-refractivity contribution in [3.63, 3.8) is 0 Å². The second-order valence-corrected chi connectivity index (χ2v) is 6.40. The van der Waals surface area contributed by atoms with Crippen molar-refractivity contribution >= 4 is 17.4 Å². The second-order valence-electron chi connectivity index (χ2n) is 5.96. The van der Waals surface area contributed by atoms with Crippen LogP contribution in [-0.2, 0) is 12.8 Å². The lowest BCUT2D eigenvalue weighted by atomic mass is 10.0. The molecule has 0 spiro atoms. The van der Waals surface area contributed by atoms with Gasteiger partial charge in [-0.25, -0.2) is 4.98 Å². The molecule has 25 heavy (non-hydrogen) atoms. The number of oxazole rings is 1. The molecule has 2 rings (SSSR count). The number of benzene rings is 1.